The van der Waals surface area contributed by atoms with Crippen molar-refractivity contribution in [2.75, 3.05) is 16.8 Å². The second-order valence-corrected chi connectivity index (χ2v) is 7.34. The summed E-state index contributed by atoms with van der Waals surface area (Å²) in [5.74, 6) is -1.60. The van der Waals surface area contributed by atoms with Gasteiger partial charge in [0.1, 0.15) is 6.54 Å². The summed E-state index contributed by atoms with van der Waals surface area (Å²) in [5, 5.41) is 11.7. The van der Waals surface area contributed by atoms with Crippen LogP contribution in [0.1, 0.15) is 27.0 Å². The van der Waals surface area contributed by atoms with Crippen LogP contribution in [-0.4, -0.2) is 29.4 Å². The van der Waals surface area contributed by atoms with Gasteiger partial charge in [0.05, 0.1) is 12.0 Å². The maximum absolute atomic E-state index is 13.1. The highest BCUT2D eigenvalue weighted by molar-refractivity contribution is 6.03. The molecule has 0 spiro atoms. The van der Waals surface area contributed by atoms with E-state index in [1.165, 1.54) is 29.2 Å². The molecule has 0 radical (unpaired) electrons. The van der Waals surface area contributed by atoms with E-state index >= 15 is 0 Å². The van der Waals surface area contributed by atoms with Crippen molar-refractivity contribution in [1.82, 2.24) is 0 Å². The van der Waals surface area contributed by atoms with Crippen molar-refractivity contribution in [3.05, 3.63) is 95.1 Å². The van der Waals surface area contributed by atoms with E-state index in [9.17, 15) is 14.4 Å². The molecule has 31 heavy (non-hydrogen) atoms. The Kier molecular flexibility index (Phi) is 6.82. The maximum atomic E-state index is 13.1. The van der Waals surface area contributed by atoms with Crippen molar-refractivity contribution >= 4 is 29.2 Å². The van der Waals surface area contributed by atoms with E-state index in [-0.39, 0.29) is 30.3 Å². The number of carboxylic acids is 1. The van der Waals surface area contributed by atoms with Crippen molar-refractivity contribution in [2.45, 2.75) is 20.3 Å². The van der Waals surface area contributed by atoms with Gasteiger partial charge in [0.2, 0.25) is 11.8 Å². The normalized spacial score (nSPS) is 10.4. The lowest BCUT2D eigenvalue weighted by atomic mass is 10.1. The first-order chi connectivity index (χ1) is 14.8. The highest BCUT2D eigenvalue weighted by Gasteiger charge is 2.20. The molecule has 0 unspecified atom stereocenters. The molecule has 0 heterocycles. The minimum absolute atomic E-state index is 0.132. The second kappa shape index (κ2) is 9.71. The summed E-state index contributed by atoms with van der Waals surface area (Å²) in [6.07, 6.45) is 0.175. The third kappa shape index (κ3) is 5.79. The number of benzene rings is 3. The molecular formula is C25H24N2O4. The summed E-state index contributed by atoms with van der Waals surface area (Å²) in [6, 6.07) is 20.9. The van der Waals surface area contributed by atoms with Crippen LogP contribution < -0.4 is 10.2 Å². The van der Waals surface area contributed by atoms with Crippen molar-refractivity contribution in [3.63, 3.8) is 0 Å². The minimum Gasteiger partial charge on any atom is -0.478 e. The van der Waals surface area contributed by atoms with Gasteiger partial charge in [0.15, 0.2) is 0 Å². The monoisotopic (exact) mass is 416 g/mol. The van der Waals surface area contributed by atoms with Crippen molar-refractivity contribution < 1.29 is 19.5 Å². The average molecular weight is 416 g/mol. The molecule has 0 bridgehead atoms. The molecule has 0 aliphatic carbocycles. The fourth-order valence-electron chi connectivity index (χ4n) is 3.12. The highest BCUT2D eigenvalue weighted by atomic mass is 16.4. The average Bonchev–Trinajstić information content (AvgIpc) is 2.75. The molecule has 0 atom stereocenters. The Morgan fingerprint density at radius 2 is 1.55 bits per heavy atom. The summed E-state index contributed by atoms with van der Waals surface area (Å²) in [7, 11) is 0. The van der Waals surface area contributed by atoms with E-state index in [4.69, 9.17) is 5.11 Å². The standard InChI is InChI=1S/C25H24N2O4/c1-17-8-13-22(14-18(17)2)27(24(29)15-19-6-4-3-5-7-19)16-23(28)26-21-11-9-20(10-12-21)25(30)31/h3-14H,15-16H2,1-2H3,(H,26,28)(H,30,31). The van der Waals surface area contributed by atoms with Crippen LogP contribution in [0.4, 0.5) is 11.4 Å². The Morgan fingerprint density at radius 1 is 0.871 bits per heavy atom. The summed E-state index contributed by atoms with van der Waals surface area (Å²) in [5.41, 5.74) is 4.24. The van der Waals surface area contributed by atoms with Gasteiger partial charge in [-0.25, -0.2) is 4.79 Å². The second-order valence-electron chi connectivity index (χ2n) is 7.34. The highest BCUT2D eigenvalue weighted by Crippen LogP contribution is 2.20. The van der Waals surface area contributed by atoms with E-state index in [1.807, 2.05) is 62.4 Å². The summed E-state index contributed by atoms with van der Waals surface area (Å²) >= 11 is 0. The topological polar surface area (TPSA) is 86.7 Å². The molecule has 0 fully saturated rings. The molecule has 6 nitrogen and oxygen atoms in total. The number of hydrogen-bond acceptors (Lipinski definition) is 3. The first kappa shape index (κ1) is 21.8. The Morgan fingerprint density at radius 3 is 2.16 bits per heavy atom. The number of nitrogens with one attached hydrogen (secondary N) is 1. The maximum Gasteiger partial charge on any atom is 0.335 e. The molecule has 6 heteroatoms. The number of rotatable bonds is 7. The number of carbonyl (C=O) groups excluding carboxylic acids is 2. The van der Waals surface area contributed by atoms with Gasteiger partial charge in [-0.1, -0.05) is 36.4 Å². The number of carboxylic acid groups (broad SMARTS) is 1. The third-order valence-corrected chi connectivity index (χ3v) is 5.02. The number of nitrogens with zero attached hydrogens (tertiary/aromatic N) is 1. The molecule has 0 saturated heterocycles. The summed E-state index contributed by atoms with van der Waals surface area (Å²) < 4.78 is 0. The van der Waals surface area contributed by atoms with Crippen molar-refractivity contribution in [2.24, 2.45) is 0 Å². The van der Waals surface area contributed by atoms with Crippen LogP contribution >= 0.6 is 0 Å². The zero-order valence-corrected chi connectivity index (χ0v) is 17.5. The SMILES string of the molecule is Cc1ccc(N(CC(=O)Nc2ccc(C(=O)O)cc2)C(=O)Cc2ccccc2)cc1C. The fraction of sp³-hybridized carbons (Fsp3) is 0.160. The van der Waals surface area contributed by atoms with Gasteiger partial charge in [0.25, 0.3) is 0 Å². The number of aromatic carboxylic acids is 1. The Labute approximate surface area is 181 Å². The smallest absolute Gasteiger partial charge is 0.335 e. The molecule has 0 aliphatic rings. The van der Waals surface area contributed by atoms with Crippen LogP contribution in [0.25, 0.3) is 0 Å². The molecule has 3 aromatic rings. The largest absolute Gasteiger partial charge is 0.478 e. The predicted octanol–water partition coefficient (Wildman–Crippen LogP) is 4.22. The zero-order valence-electron chi connectivity index (χ0n) is 17.5. The van der Waals surface area contributed by atoms with E-state index in [0.29, 0.717) is 11.4 Å². The molecule has 0 saturated carbocycles. The lowest BCUT2D eigenvalue weighted by Crippen LogP contribution is -2.39. The lowest BCUT2D eigenvalue weighted by Gasteiger charge is -2.23. The lowest BCUT2D eigenvalue weighted by molar-refractivity contribution is -0.121. The van der Waals surface area contributed by atoms with Crippen LogP contribution in [0, 0.1) is 13.8 Å². The molecule has 3 rings (SSSR count). The molecule has 0 aliphatic heterocycles. The van der Waals surface area contributed by atoms with Crippen LogP contribution in [0.5, 0.6) is 0 Å². The quantitative estimate of drug-likeness (QED) is 0.604. The first-order valence-electron chi connectivity index (χ1n) is 9.88. The molecule has 158 valence electrons. The summed E-state index contributed by atoms with van der Waals surface area (Å²) in [6.45, 7) is 3.79. The van der Waals surface area contributed by atoms with Gasteiger partial charge >= 0.3 is 5.97 Å². The van der Waals surface area contributed by atoms with Crippen molar-refractivity contribution in [3.8, 4) is 0 Å². The van der Waals surface area contributed by atoms with Gasteiger partial charge in [0, 0.05) is 11.4 Å². The Bertz CT molecular complexity index is 1090. The third-order valence-electron chi connectivity index (χ3n) is 5.02. The van der Waals surface area contributed by atoms with Crippen LogP contribution in [0.2, 0.25) is 0 Å². The van der Waals surface area contributed by atoms with Gasteiger partial charge in [-0.05, 0) is 66.9 Å². The number of hydrogen-bond donors (Lipinski definition) is 2. The molecule has 0 aromatic heterocycles. The molecular weight excluding hydrogens is 392 g/mol. The Balaban J connectivity index is 1.79. The van der Waals surface area contributed by atoms with Crippen LogP contribution in [0.3, 0.4) is 0 Å². The van der Waals surface area contributed by atoms with E-state index < -0.39 is 5.97 Å². The van der Waals surface area contributed by atoms with E-state index in [1.54, 1.807) is 0 Å². The molecule has 3 aromatic carbocycles. The minimum atomic E-state index is -1.04. The number of carbonyl (C=O) groups is 3. The number of aryl methyl sites for hydroxylation is 2. The van der Waals surface area contributed by atoms with E-state index in [2.05, 4.69) is 5.32 Å². The number of anilines is 2. The van der Waals surface area contributed by atoms with Gasteiger partial charge < -0.3 is 15.3 Å². The van der Waals surface area contributed by atoms with Gasteiger partial charge in [-0.3, -0.25) is 9.59 Å². The Hall–Kier alpha value is -3.93. The van der Waals surface area contributed by atoms with Crippen molar-refractivity contribution in [1.29, 1.82) is 0 Å². The zero-order chi connectivity index (χ0) is 22.4. The summed E-state index contributed by atoms with van der Waals surface area (Å²) in [4.78, 5) is 38.3. The fourth-order valence-corrected chi connectivity index (χ4v) is 3.12. The van der Waals surface area contributed by atoms with Crippen LogP contribution in [-0.2, 0) is 16.0 Å². The predicted molar refractivity (Wildman–Crippen MR) is 120 cm³/mol. The first-order valence-corrected chi connectivity index (χ1v) is 9.88. The number of amides is 2. The molecule has 2 amide bonds. The molecule has 2 N–H and O–H groups in total. The van der Waals surface area contributed by atoms with Gasteiger partial charge in [-0.15, -0.1) is 0 Å². The van der Waals surface area contributed by atoms with Crippen LogP contribution in [0.15, 0.2) is 72.8 Å². The van der Waals surface area contributed by atoms with E-state index in [0.717, 1.165) is 16.7 Å². The van der Waals surface area contributed by atoms with Gasteiger partial charge in [-0.2, -0.15) is 0 Å².